The van der Waals surface area contributed by atoms with E-state index < -0.39 is 10.0 Å². The van der Waals surface area contributed by atoms with Crippen molar-refractivity contribution in [1.82, 2.24) is 19.8 Å². The van der Waals surface area contributed by atoms with Crippen LogP contribution in [0.4, 0.5) is 0 Å². The van der Waals surface area contributed by atoms with E-state index in [1.807, 2.05) is 6.92 Å². The third-order valence-corrected chi connectivity index (χ3v) is 4.09. The molecular weight excluding hydrogens is 280 g/mol. The van der Waals surface area contributed by atoms with Crippen LogP contribution < -0.4 is 10.0 Å². The summed E-state index contributed by atoms with van der Waals surface area (Å²) in [4.78, 5) is 0. The molecule has 0 saturated carbocycles. The van der Waals surface area contributed by atoms with Crippen LogP contribution in [0.2, 0.25) is 0 Å². The number of aryl methyl sites for hydroxylation is 2. The van der Waals surface area contributed by atoms with Gasteiger partial charge in [0.2, 0.25) is 5.09 Å². The molecule has 0 radical (unpaired) electrons. The largest absolute Gasteiger partial charge is 0.447 e. The van der Waals surface area contributed by atoms with E-state index in [0.29, 0.717) is 12.3 Å². The second-order valence-corrected chi connectivity index (χ2v) is 6.19. The molecule has 2 rings (SSSR count). The monoisotopic (exact) mass is 298 g/mol. The number of hydrogen-bond donors (Lipinski definition) is 2. The summed E-state index contributed by atoms with van der Waals surface area (Å²) in [6, 6.07) is 3.09. The Labute approximate surface area is 118 Å². The third-order valence-electron chi connectivity index (χ3n) is 2.82. The minimum Gasteiger partial charge on any atom is -0.447 e. The maximum Gasteiger partial charge on any atom is 0.274 e. The molecule has 0 spiro atoms. The number of furan rings is 1. The van der Waals surface area contributed by atoms with Crippen LogP contribution in [0.3, 0.4) is 0 Å². The summed E-state index contributed by atoms with van der Waals surface area (Å²) in [7, 11) is -0.0877. The van der Waals surface area contributed by atoms with Crippen LogP contribution in [-0.2, 0) is 30.2 Å². The summed E-state index contributed by atoms with van der Waals surface area (Å²) in [6.07, 6.45) is 1.78. The molecule has 8 heteroatoms. The van der Waals surface area contributed by atoms with Crippen molar-refractivity contribution in [2.75, 3.05) is 7.05 Å². The third kappa shape index (κ3) is 3.27. The van der Waals surface area contributed by atoms with E-state index in [4.69, 9.17) is 4.42 Å². The summed E-state index contributed by atoms with van der Waals surface area (Å²) in [5, 5.41) is 6.98. The van der Waals surface area contributed by atoms with Crippen LogP contribution in [0.1, 0.15) is 17.0 Å². The number of sulfonamides is 1. The highest BCUT2D eigenvalue weighted by atomic mass is 32.2. The Kier molecular flexibility index (Phi) is 4.26. The maximum atomic E-state index is 12.1. The van der Waals surface area contributed by atoms with E-state index in [9.17, 15) is 8.42 Å². The van der Waals surface area contributed by atoms with Crippen molar-refractivity contribution in [3.63, 3.8) is 0 Å². The molecule has 20 heavy (non-hydrogen) atoms. The van der Waals surface area contributed by atoms with E-state index >= 15 is 0 Å². The van der Waals surface area contributed by atoms with Gasteiger partial charge in [0, 0.05) is 25.4 Å². The van der Waals surface area contributed by atoms with E-state index in [2.05, 4.69) is 15.1 Å². The first-order valence-electron chi connectivity index (χ1n) is 6.14. The molecule has 2 aromatic rings. The zero-order valence-electron chi connectivity index (χ0n) is 11.7. The van der Waals surface area contributed by atoms with Gasteiger partial charge in [0.1, 0.15) is 5.76 Å². The van der Waals surface area contributed by atoms with Gasteiger partial charge in [-0.3, -0.25) is 4.68 Å². The summed E-state index contributed by atoms with van der Waals surface area (Å²) in [6.45, 7) is 2.50. The molecule has 2 heterocycles. The zero-order valence-corrected chi connectivity index (χ0v) is 12.5. The van der Waals surface area contributed by atoms with Crippen molar-refractivity contribution >= 4 is 10.0 Å². The second kappa shape index (κ2) is 5.78. The van der Waals surface area contributed by atoms with Crippen LogP contribution in [0, 0.1) is 6.92 Å². The van der Waals surface area contributed by atoms with Crippen LogP contribution in [-0.4, -0.2) is 25.2 Å². The first-order valence-corrected chi connectivity index (χ1v) is 7.63. The predicted molar refractivity (Wildman–Crippen MR) is 73.4 cm³/mol. The molecule has 0 aliphatic heterocycles. The summed E-state index contributed by atoms with van der Waals surface area (Å²) in [5.74, 6) is 0.574. The minimum atomic E-state index is -3.64. The molecule has 0 saturated heterocycles. The lowest BCUT2D eigenvalue weighted by Crippen LogP contribution is -2.23. The van der Waals surface area contributed by atoms with Crippen molar-refractivity contribution < 1.29 is 12.8 Å². The number of nitrogens with zero attached hydrogens (tertiary/aromatic N) is 2. The van der Waals surface area contributed by atoms with Crippen molar-refractivity contribution in [2.24, 2.45) is 7.05 Å². The molecule has 0 amide bonds. The van der Waals surface area contributed by atoms with Gasteiger partial charge in [0.15, 0.2) is 0 Å². The smallest absolute Gasteiger partial charge is 0.274 e. The average molecular weight is 298 g/mol. The van der Waals surface area contributed by atoms with Gasteiger partial charge >= 0.3 is 0 Å². The summed E-state index contributed by atoms with van der Waals surface area (Å²) in [5.41, 5.74) is 1.63. The van der Waals surface area contributed by atoms with Crippen LogP contribution in [0.5, 0.6) is 0 Å². The molecular formula is C12H18N4O3S. The number of rotatable bonds is 6. The Bertz CT molecular complexity index is 687. The second-order valence-electron chi connectivity index (χ2n) is 4.49. The minimum absolute atomic E-state index is 0.0794. The van der Waals surface area contributed by atoms with Gasteiger partial charge in [-0.2, -0.15) is 5.10 Å². The molecule has 0 aliphatic rings. The molecule has 0 atom stereocenters. The Morgan fingerprint density at radius 3 is 2.70 bits per heavy atom. The Morgan fingerprint density at radius 2 is 2.10 bits per heavy atom. The van der Waals surface area contributed by atoms with E-state index in [1.165, 1.54) is 6.07 Å². The molecule has 0 aromatic carbocycles. The topological polar surface area (TPSA) is 89.2 Å². The number of aromatic nitrogens is 2. The Morgan fingerprint density at radius 1 is 1.35 bits per heavy atom. The van der Waals surface area contributed by atoms with E-state index in [0.717, 1.165) is 11.3 Å². The molecule has 0 fully saturated rings. The van der Waals surface area contributed by atoms with Crippen LogP contribution >= 0.6 is 0 Å². The van der Waals surface area contributed by atoms with E-state index in [1.54, 1.807) is 31.0 Å². The molecule has 0 bridgehead atoms. The SMILES string of the molecule is CNCc1ccc(S(=O)(=O)NCc2cn(C)nc2C)o1. The summed E-state index contributed by atoms with van der Waals surface area (Å²) >= 11 is 0. The fraction of sp³-hybridized carbons (Fsp3) is 0.417. The van der Waals surface area contributed by atoms with Crippen LogP contribution in [0.25, 0.3) is 0 Å². The standard InChI is InChI=1S/C12H18N4O3S/c1-9-10(8-16(3)15-9)6-14-20(17,18)12-5-4-11(19-12)7-13-2/h4-5,8,13-14H,6-7H2,1-3H3. The fourth-order valence-electron chi connectivity index (χ4n) is 1.84. The van der Waals surface area contributed by atoms with Crippen molar-refractivity contribution in [3.8, 4) is 0 Å². The summed E-state index contributed by atoms with van der Waals surface area (Å²) < 4.78 is 33.6. The lowest BCUT2D eigenvalue weighted by atomic mass is 10.3. The van der Waals surface area contributed by atoms with Gasteiger partial charge in [-0.1, -0.05) is 0 Å². The lowest BCUT2D eigenvalue weighted by molar-refractivity contribution is 0.404. The van der Waals surface area contributed by atoms with Gasteiger partial charge in [-0.25, -0.2) is 13.1 Å². The molecule has 2 aromatic heterocycles. The van der Waals surface area contributed by atoms with Gasteiger partial charge in [0.25, 0.3) is 10.0 Å². The zero-order chi connectivity index (χ0) is 14.8. The highest BCUT2D eigenvalue weighted by molar-refractivity contribution is 7.89. The predicted octanol–water partition coefficient (Wildman–Crippen LogP) is 0.519. The van der Waals surface area contributed by atoms with Gasteiger partial charge in [-0.15, -0.1) is 0 Å². The fourth-order valence-corrected chi connectivity index (χ4v) is 2.79. The molecule has 0 aliphatic carbocycles. The van der Waals surface area contributed by atoms with Gasteiger partial charge < -0.3 is 9.73 Å². The molecule has 2 N–H and O–H groups in total. The number of hydrogen-bond acceptors (Lipinski definition) is 5. The van der Waals surface area contributed by atoms with E-state index in [-0.39, 0.29) is 11.6 Å². The van der Waals surface area contributed by atoms with Crippen molar-refractivity contribution in [3.05, 3.63) is 35.3 Å². The first-order chi connectivity index (χ1) is 9.42. The highest BCUT2D eigenvalue weighted by Gasteiger charge is 2.19. The first kappa shape index (κ1) is 14.8. The lowest BCUT2D eigenvalue weighted by Gasteiger charge is -2.03. The van der Waals surface area contributed by atoms with Gasteiger partial charge in [0.05, 0.1) is 12.2 Å². The Hall–Kier alpha value is -1.64. The van der Waals surface area contributed by atoms with Crippen molar-refractivity contribution in [2.45, 2.75) is 25.1 Å². The molecule has 0 unspecified atom stereocenters. The van der Waals surface area contributed by atoms with Crippen LogP contribution in [0.15, 0.2) is 27.8 Å². The molecule has 7 nitrogen and oxygen atoms in total. The number of nitrogens with one attached hydrogen (secondary N) is 2. The highest BCUT2D eigenvalue weighted by Crippen LogP contribution is 2.14. The molecule has 110 valence electrons. The van der Waals surface area contributed by atoms with Crippen molar-refractivity contribution in [1.29, 1.82) is 0 Å². The quantitative estimate of drug-likeness (QED) is 0.811. The van der Waals surface area contributed by atoms with Gasteiger partial charge in [-0.05, 0) is 26.1 Å². The normalized spacial score (nSPS) is 11.9. The maximum absolute atomic E-state index is 12.1. The Balaban J connectivity index is 2.08. The average Bonchev–Trinajstić information content (AvgIpc) is 2.95.